The van der Waals surface area contributed by atoms with Crippen molar-refractivity contribution in [3.05, 3.63) is 81.3 Å². The van der Waals surface area contributed by atoms with E-state index in [1.165, 1.54) is 12.1 Å². The zero-order valence-electron chi connectivity index (χ0n) is 17.8. The largest absolute Gasteiger partial charge is 0.494 e. The van der Waals surface area contributed by atoms with Gasteiger partial charge >= 0.3 is 0 Å². The topological polar surface area (TPSA) is 76.7 Å². The van der Waals surface area contributed by atoms with E-state index in [4.69, 9.17) is 44.3 Å². The molecule has 0 saturated heterocycles. The number of anilines is 2. The van der Waals surface area contributed by atoms with Gasteiger partial charge in [-0.1, -0.05) is 34.8 Å². The van der Waals surface area contributed by atoms with Gasteiger partial charge in [0.25, 0.3) is 11.8 Å². The van der Waals surface area contributed by atoms with E-state index in [0.717, 1.165) is 5.75 Å². The highest BCUT2D eigenvalue weighted by Crippen LogP contribution is 2.34. The van der Waals surface area contributed by atoms with Crippen molar-refractivity contribution < 1.29 is 19.1 Å². The van der Waals surface area contributed by atoms with Gasteiger partial charge in [-0.2, -0.15) is 0 Å². The molecule has 2 N–H and O–H groups in total. The number of halogens is 3. The van der Waals surface area contributed by atoms with Crippen molar-refractivity contribution in [2.45, 2.75) is 20.0 Å². The van der Waals surface area contributed by atoms with Crippen LogP contribution in [0.5, 0.6) is 11.5 Å². The van der Waals surface area contributed by atoms with Crippen LogP contribution in [-0.4, -0.2) is 24.5 Å². The number of hydrogen-bond acceptors (Lipinski definition) is 4. The Morgan fingerprint density at radius 3 is 2.03 bits per heavy atom. The molecule has 0 aliphatic rings. The molecule has 0 radical (unpaired) electrons. The van der Waals surface area contributed by atoms with Gasteiger partial charge in [-0.25, -0.2) is 0 Å². The molecule has 2 amide bonds. The fraction of sp³-hybridized carbons (Fsp3) is 0.167. The molecule has 0 aliphatic carbocycles. The standard InChI is InChI=1S/C24H21Cl3N2O4/c1-3-32-18-10-6-17(7-11-18)28-23(30)14(2)33-19-8-4-15(5-9-19)24(31)29-22-20(26)12-16(25)13-21(22)27/h4-14H,3H2,1-2H3,(H,28,30)(H,29,31). The van der Waals surface area contributed by atoms with E-state index in [9.17, 15) is 9.59 Å². The van der Waals surface area contributed by atoms with Crippen LogP contribution >= 0.6 is 34.8 Å². The first kappa shape index (κ1) is 24.7. The molecule has 0 spiro atoms. The third-order valence-corrected chi connectivity index (χ3v) is 5.29. The molecule has 33 heavy (non-hydrogen) atoms. The third kappa shape index (κ3) is 6.78. The summed E-state index contributed by atoms with van der Waals surface area (Å²) in [4.78, 5) is 25.0. The Hall–Kier alpha value is -2.93. The highest BCUT2D eigenvalue weighted by Gasteiger charge is 2.16. The van der Waals surface area contributed by atoms with Gasteiger partial charge < -0.3 is 20.1 Å². The van der Waals surface area contributed by atoms with Crippen LogP contribution in [-0.2, 0) is 4.79 Å². The Bertz CT molecular complexity index is 1110. The summed E-state index contributed by atoms with van der Waals surface area (Å²) in [5.74, 6) is 0.440. The van der Waals surface area contributed by atoms with Gasteiger partial charge in [0.15, 0.2) is 6.10 Å². The number of ether oxygens (including phenoxy) is 2. The van der Waals surface area contributed by atoms with E-state index >= 15 is 0 Å². The highest BCUT2D eigenvalue weighted by molar-refractivity contribution is 6.42. The van der Waals surface area contributed by atoms with Crippen LogP contribution in [0, 0.1) is 0 Å². The number of benzene rings is 3. The quantitative estimate of drug-likeness (QED) is 0.355. The van der Waals surface area contributed by atoms with Gasteiger partial charge in [0, 0.05) is 16.3 Å². The van der Waals surface area contributed by atoms with Gasteiger partial charge in [0.1, 0.15) is 11.5 Å². The summed E-state index contributed by atoms with van der Waals surface area (Å²) in [5.41, 5.74) is 1.26. The summed E-state index contributed by atoms with van der Waals surface area (Å²) in [7, 11) is 0. The van der Waals surface area contributed by atoms with Crippen molar-refractivity contribution in [1.82, 2.24) is 0 Å². The Labute approximate surface area is 206 Å². The lowest BCUT2D eigenvalue weighted by molar-refractivity contribution is -0.122. The van der Waals surface area contributed by atoms with E-state index in [1.54, 1.807) is 55.5 Å². The number of carbonyl (C=O) groups is 2. The molecule has 6 nitrogen and oxygen atoms in total. The normalized spacial score (nSPS) is 11.4. The van der Waals surface area contributed by atoms with Gasteiger partial charge in [-0.15, -0.1) is 0 Å². The van der Waals surface area contributed by atoms with Crippen LogP contribution in [0.4, 0.5) is 11.4 Å². The molecule has 172 valence electrons. The maximum atomic E-state index is 12.5. The lowest BCUT2D eigenvalue weighted by Gasteiger charge is -2.15. The number of amides is 2. The van der Waals surface area contributed by atoms with Crippen LogP contribution in [0.3, 0.4) is 0 Å². The van der Waals surface area contributed by atoms with Gasteiger partial charge in [0.2, 0.25) is 0 Å². The lowest BCUT2D eigenvalue weighted by atomic mass is 10.2. The first-order chi connectivity index (χ1) is 15.8. The van der Waals surface area contributed by atoms with Crippen LogP contribution in [0.25, 0.3) is 0 Å². The molecule has 1 atom stereocenters. The minimum atomic E-state index is -0.761. The molecule has 0 saturated carbocycles. The van der Waals surface area contributed by atoms with E-state index in [-0.39, 0.29) is 21.6 Å². The van der Waals surface area contributed by atoms with Crippen molar-refractivity contribution in [3.8, 4) is 11.5 Å². The van der Waals surface area contributed by atoms with Gasteiger partial charge in [-0.05, 0) is 74.5 Å². The molecule has 3 aromatic rings. The summed E-state index contributed by atoms with van der Waals surface area (Å²) in [6.45, 7) is 4.10. The highest BCUT2D eigenvalue weighted by atomic mass is 35.5. The Morgan fingerprint density at radius 1 is 0.879 bits per heavy atom. The minimum Gasteiger partial charge on any atom is -0.494 e. The Kier molecular flexibility index (Phi) is 8.44. The molecule has 0 aliphatic heterocycles. The first-order valence-electron chi connectivity index (χ1n) is 10.0. The van der Waals surface area contributed by atoms with E-state index in [1.807, 2.05) is 6.92 Å². The summed E-state index contributed by atoms with van der Waals surface area (Å²) < 4.78 is 11.1. The van der Waals surface area contributed by atoms with Crippen LogP contribution in [0.2, 0.25) is 15.1 Å². The monoisotopic (exact) mass is 506 g/mol. The molecular formula is C24H21Cl3N2O4. The van der Waals surface area contributed by atoms with Crippen LogP contribution < -0.4 is 20.1 Å². The van der Waals surface area contributed by atoms with Crippen molar-refractivity contribution in [1.29, 1.82) is 0 Å². The fourth-order valence-electron chi connectivity index (χ4n) is 2.83. The van der Waals surface area contributed by atoms with Crippen LogP contribution in [0.15, 0.2) is 60.7 Å². The lowest BCUT2D eigenvalue weighted by Crippen LogP contribution is -2.30. The first-order valence-corrected chi connectivity index (χ1v) is 11.2. The van der Waals surface area contributed by atoms with Crippen molar-refractivity contribution in [2.24, 2.45) is 0 Å². The van der Waals surface area contributed by atoms with Gasteiger partial charge in [-0.3, -0.25) is 9.59 Å². The molecule has 0 bridgehead atoms. The van der Waals surface area contributed by atoms with E-state index in [0.29, 0.717) is 28.6 Å². The number of nitrogens with one attached hydrogen (secondary N) is 2. The predicted octanol–water partition coefficient (Wildman–Crippen LogP) is 6.70. The second-order valence-corrected chi connectivity index (χ2v) is 8.18. The molecular weight excluding hydrogens is 487 g/mol. The van der Waals surface area contributed by atoms with Crippen molar-refractivity contribution in [2.75, 3.05) is 17.2 Å². The average molecular weight is 508 g/mol. The summed E-state index contributed by atoms with van der Waals surface area (Å²) in [5, 5.41) is 6.27. The molecule has 3 aromatic carbocycles. The SMILES string of the molecule is CCOc1ccc(NC(=O)C(C)Oc2ccc(C(=O)Nc3c(Cl)cc(Cl)cc3Cl)cc2)cc1. The molecule has 0 heterocycles. The maximum Gasteiger partial charge on any atom is 0.265 e. The fourth-order valence-corrected chi connectivity index (χ4v) is 3.75. The second-order valence-electron chi connectivity index (χ2n) is 6.93. The molecule has 0 fully saturated rings. The number of carbonyl (C=O) groups excluding carboxylic acids is 2. The zero-order chi connectivity index (χ0) is 24.0. The average Bonchev–Trinajstić information content (AvgIpc) is 2.78. The molecule has 3 rings (SSSR count). The minimum absolute atomic E-state index is 0.230. The van der Waals surface area contributed by atoms with Crippen LogP contribution in [0.1, 0.15) is 24.2 Å². The Morgan fingerprint density at radius 2 is 1.45 bits per heavy atom. The van der Waals surface area contributed by atoms with Crippen molar-refractivity contribution in [3.63, 3.8) is 0 Å². The summed E-state index contributed by atoms with van der Waals surface area (Å²) in [6.07, 6.45) is -0.761. The third-order valence-electron chi connectivity index (χ3n) is 4.48. The second kappa shape index (κ2) is 11.3. The predicted molar refractivity (Wildman–Crippen MR) is 132 cm³/mol. The van der Waals surface area contributed by atoms with Crippen molar-refractivity contribution >= 4 is 58.0 Å². The molecule has 1 unspecified atom stereocenters. The number of hydrogen-bond donors (Lipinski definition) is 2. The maximum absolute atomic E-state index is 12.5. The summed E-state index contributed by atoms with van der Waals surface area (Å²) >= 11 is 18.1. The number of rotatable bonds is 8. The Balaban J connectivity index is 1.58. The van der Waals surface area contributed by atoms with E-state index in [2.05, 4.69) is 10.6 Å². The smallest absolute Gasteiger partial charge is 0.265 e. The van der Waals surface area contributed by atoms with E-state index < -0.39 is 12.0 Å². The summed E-state index contributed by atoms with van der Waals surface area (Å²) in [6, 6.07) is 16.4. The molecule has 9 heteroatoms. The molecule has 0 aromatic heterocycles. The zero-order valence-corrected chi connectivity index (χ0v) is 20.1. The van der Waals surface area contributed by atoms with Gasteiger partial charge in [0.05, 0.1) is 22.3 Å².